The Morgan fingerprint density at radius 2 is 1.89 bits per heavy atom. The minimum absolute atomic E-state index is 0.0263. The van der Waals surface area contributed by atoms with Gasteiger partial charge in [-0.15, -0.1) is 0 Å². The topological polar surface area (TPSA) is 41.1 Å². The van der Waals surface area contributed by atoms with Crippen LogP contribution in [0.3, 0.4) is 0 Å². The molecule has 3 nitrogen and oxygen atoms in total. The van der Waals surface area contributed by atoms with Crippen molar-refractivity contribution < 1.29 is 4.79 Å². The monoisotopic (exact) mass is 254 g/mol. The molecule has 2 aromatic rings. The number of nitrogens with one attached hydrogen (secondary N) is 2. The fourth-order valence-corrected chi connectivity index (χ4v) is 2.17. The second-order valence-corrected chi connectivity index (χ2v) is 5.27. The number of carbonyl (C=O) groups excluding carboxylic acids is 1. The maximum absolute atomic E-state index is 11.8. The molecule has 0 heterocycles. The molecule has 1 amide bonds. The van der Waals surface area contributed by atoms with E-state index in [4.69, 9.17) is 0 Å². The predicted octanol–water partition coefficient (Wildman–Crippen LogP) is 2.84. The quantitative estimate of drug-likeness (QED) is 0.881. The Bertz CT molecular complexity index is 617. The van der Waals surface area contributed by atoms with E-state index in [1.807, 2.05) is 18.2 Å². The number of rotatable bonds is 4. The molecule has 0 aliphatic heterocycles. The SMILES string of the molecule is Cc1ccc2cc(NC(=O)CNC3CC3)ccc2c1. The van der Waals surface area contributed by atoms with Gasteiger partial charge in [-0.2, -0.15) is 0 Å². The highest BCUT2D eigenvalue weighted by atomic mass is 16.1. The molecule has 3 heteroatoms. The number of aryl methyl sites for hydroxylation is 1. The van der Waals surface area contributed by atoms with Gasteiger partial charge in [0, 0.05) is 11.7 Å². The summed E-state index contributed by atoms with van der Waals surface area (Å²) in [6.07, 6.45) is 2.39. The van der Waals surface area contributed by atoms with Gasteiger partial charge in [-0.25, -0.2) is 0 Å². The number of fused-ring (bicyclic) bond motifs is 1. The van der Waals surface area contributed by atoms with Gasteiger partial charge in [-0.1, -0.05) is 29.8 Å². The Labute approximate surface area is 113 Å². The molecular formula is C16H18N2O. The fraction of sp³-hybridized carbons (Fsp3) is 0.312. The van der Waals surface area contributed by atoms with Crippen LogP contribution in [-0.2, 0) is 4.79 Å². The van der Waals surface area contributed by atoms with Crippen LogP contribution in [0.4, 0.5) is 5.69 Å². The first-order valence-corrected chi connectivity index (χ1v) is 6.74. The average Bonchev–Trinajstić information content (AvgIpc) is 3.21. The number of benzene rings is 2. The number of hydrogen-bond donors (Lipinski definition) is 2. The van der Waals surface area contributed by atoms with Crippen molar-refractivity contribution in [1.82, 2.24) is 5.32 Å². The fourth-order valence-electron chi connectivity index (χ4n) is 2.17. The van der Waals surface area contributed by atoms with Gasteiger partial charge >= 0.3 is 0 Å². The van der Waals surface area contributed by atoms with E-state index in [1.165, 1.54) is 23.8 Å². The van der Waals surface area contributed by atoms with E-state index in [-0.39, 0.29) is 5.91 Å². The second kappa shape index (κ2) is 5.02. The lowest BCUT2D eigenvalue weighted by molar-refractivity contribution is -0.115. The van der Waals surface area contributed by atoms with Crippen molar-refractivity contribution in [2.24, 2.45) is 0 Å². The van der Waals surface area contributed by atoms with Gasteiger partial charge in [0.25, 0.3) is 0 Å². The first-order valence-electron chi connectivity index (χ1n) is 6.74. The van der Waals surface area contributed by atoms with Crippen LogP contribution in [-0.4, -0.2) is 18.5 Å². The molecule has 0 unspecified atom stereocenters. The Kier molecular flexibility index (Phi) is 3.22. The Morgan fingerprint density at radius 1 is 1.16 bits per heavy atom. The van der Waals surface area contributed by atoms with Gasteiger partial charge in [0.05, 0.1) is 6.54 Å². The molecule has 2 N–H and O–H groups in total. The first kappa shape index (κ1) is 12.2. The lowest BCUT2D eigenvalue weighted by atomic mass is 10.1. The average molecular weight is 254 g/mol. The molecule has 19 heavy (non-hydrogen) atoms. The maximum atomic E-state index is 11.8. The van der Waals surface area contributed by atoms with Crippen LogP contribution in [0.2, 0.25) is 0 Å². The lowest BCUT2D eigenvalue weighted by Crippen LogP contribution is -2.29. The molecule has 2 aromatic carbocycles. The molecule has 3 rings (SSSR count). The van der Waals surface area contributed by atoms with Crippen LogP contribution in [0.5, 0.6) is 0 Å². The molecule has 0 bridgehead atoms. The summed E-state index contributed by atoms with van der Waals surface area (Å²) >= 11 is 0. The van der Waals surface area contributed by atoms with E-state index >= 15 is 0 Å². The van der Waals surface area contributed by atoms with Crippen LogP contribution in [0, 0.1) is 6.92 Å². The van der Waals surface area contributed by atoms with Crippen molar-refractivity contribution in [3.63, 3.8) is 0 Å². The summed E-state index contributed by atoms with van der Waals surface area (Å²) in [6, 6.07) is 12.9. The summed E-state index contributed by atoms with van der Waals surface area (Å²) in [4.78, 5) is 11.8. The standard InChI is InChI=1S/C16H18N2O/c1-11-2-3-13-9-15(5-4-12(13)8-11)18-16(19)10-17-14-6-7-14/h2-5,8-9,14,17H,6-7,10H2,1H3,(H,18,19). The van der Waals surface area contributed by atoms with Crippen molar-refractivity contribution in [3.05, 3.63) is 42.0 Å². The molecule has 1 fully saturated rings. The summed E-state index contributed by atoms with van der Waals surface area (Å²) in [5, 5.41) is 8.49. The first-order chi connectivity index (χ1) is 9.20. The van der Waals surface area contributed by atoms with Gasteiger partial charge in [0.15, 0.2) is 0 Å². The van der Waals surface area contributed by atoms with Crippen molar-refractivity contribution in [2.75, 3.05) is 11.9 Å². The largest absolute Gasteiger partial charge is 0.325 e. The van der Waals surface area contributed by atoms with Crippen LogP contribution in [0.15, 0.2) is 36.4 Å². The summed E-state index contributed by atoms with van der Waals surface area (Å²) in [6.45, 7) is 2.48. The normalized spacial score (nSPS) is 14.6. The Balaban J connectivity index is 1.69. The molecule has 98 valence electrons. The highest BCUT2D eigenvalue weighted by molar-refractivity contribution is 5.95. The van der Waals surface area contributed by atoms with E-state index in [9.17, 15) is 4.79 Å². The zero-order valence-corrected chi connectivity index (χ0v) is 11.1. The highest BCUT2D eigenvalue weighted by Gasteiger charge is 2.21. The second-order valence-electron chi connectivity index (χ2n) is 5.27. The van der Waals surface area contributed by atoms with E-state index in [0.29, 0.717) is 12.6 Å². The summed E-state index contributed by atoms with van der Waals surface area (Å²) in [5.74, 6) is 0.0263. The van der Waals surface area contributed by atoms with Gasteiger partial charge in [0.2, 0.25) is 5.91 Å². The number of anilines is 1. The number of carbonyl (C=O) groups is 1. The van der Waals surface area contributed by atoms with Gasteiger partial charge < -0.3 is 10.6 Å². The predicted molar refractivity (Wildman–Crippen MR) is 78.3 cm³/mol. The lowest BCUT2D eigenvalue weighted by Gasteiger charge is -2.07. The molecule has 0 spiro atoms. The summed E-state index contributed by atoms with van der Waals surface area (Å²) in [7, 11) is 0. The summed E-state index contributed by atoms with van der Waals surface area (Å²) < 4.78 is 0. The van der Waals surface area contributed by atoms with Crippen LogP contribution >= 0.6 is 0 Å². The van der Waals surface area contributed by atoms with Gasteiger partial charge in [-0.3, -0.25) is 4.79 Å². The van der Waals surface area contributed by atoms with Crippen LogP contribution in [0.1, 0.15) is 18.4 Å². The molecular weight excluding hydrogens is 236 g/mol. The van der Waals surface area contributed by atoms with Crippen molar-refractivity contribution >= 4 is 22.4 Å². The van der Waals surface area contributed by atoms with E-state index < -0.39 is 0 Å². The molecule has 1 aliphatic carbocycles. The molecule has 1 aliphatic rings. The minimum atomic E-state index is 0.0263. The zero-order chi connectivity index (χ0) is 13.2. The third-order valence-corrected chi connectivity index (χ3v) is 3.41. The molecule has 0 radical (unpaired) electrons. The van der Waals surface area contributed by atoms with E-state index in [0.717, 1.165) is 11.1 Å². The van der Waals surface area contributed by atoms with Crippen LogP contribution < -0.4 is 10.6 Å². The highest BCUT2D eigenvalue weighted by Crippen LogP contribution is 2.21. The zero-order valence-electron chi connectivity index (χ0n) is 11.1. The van der Waals surface area contributed by atoms with Gasteiger partial charge in [0.1, 0.15) is 0 Å². The Hall–Kier alpha value is -1.87. The molecule has 0 saturated heterocycles. The van der Waals surface area contributed by atoms with E-state index in [1.54, 1.807) is 0 Å². The number of amides is 1. The Morgan fingerprint density at radius 3 is 2.68 bits per heavy atom. The molecule has 0 atom stereocenters. The van der Waals surface area contributed by atoms with Gasteiger partial charge in [-0.05, 0) is 42.7 Å². The summed E-state index contributed by atoms with van der Waals surface area (Å²) in [5.41, 5.74) is 2.11. The van der Waals surface area contributed by atoms with Crippen molar-refractivity contribution in [2.45, 2.75) is 25.8 Å². The molecule has 1 saturated carbocycles. The third-order valence-electron chi connectivity index (χ3n) is 3.41. The molecule has 0 aromatic heterocycles. The van der Waals surface area contributed by atoms with Crippen LogP contribution in [0.25, 0.3) is 10.8 Å². The van der Waals surface area contributed by atoms with E-state index in [2.05, 4.69) is 35.8 Å². The smallest absolute Gasteiger partial charge is 0.238 e. The third kappa shape index (κ3) is 3.12. The van der Waals surface area contributed by atoms with Crippen molar-refractivity contribution in [1.29, 1.82) is 0 Å². The number of hydrogen-bond acceptors (Lipinski definition) is 2. The minimum Gasteiger partial charge on any atom is -0.325 e. The van der Waals surface area contributed by atoms with Crippen molar-refractivity contribution in [3.8, 4) is 0 Å². The maximum Gasteiger partial charge on any atom is 0.238 e.